The molecule has 0 aliphatic rings. The number of nitrogens with zero attached hydrogens (tertiary/aromatic N) is 3. The Hall–Kier alpha value is -1.10. The van der Waals surface area contributed by atoms with Gasteiger partial charge in [0.1, 0.15) is 0 Å². The van der Waals surface area contributed by atoms with Gasteiger partial charge in [-0.15, -0.1) is 0 Å². The van der Waals surface area contributed by atoms with Crippen molar-refractivity contribution in [2.24, 2.45) is 0 Å². The van der Waals surface area contributed by atoms with Crippen LogP contribution in [0.3, 0.4) is 0 Å². The van der Waals surface area contributed by atoms with Gasteiger partial charge in [-0.25, -0.2) is 9.67 Å². The van der Waals surface area contributed by atoms with Gasteiger partial charge >= 0.3 is 0 Å². The molecule has 1 N–H and O–H groups in total. The predicted molar refractivity (Wildman–Crippen MR) is 73.5 cm³/mol. The molecule has 0 unspecified atom stereocenters. The van der Waals surface area contributed by atoms with Crippen LogP contribution in [0.15, 0.2) is 18.3 Å². The number of pyridine rings is 1. The van der Waals surface area contributed by atoms with Gasteiger partial charge in [-0.1, -0.05) is 30.1 Å². The zero-order chi connectivity index (χ0) is 13.1. The number of aryl methyl sites for hydroxylation is 1. The van der Waals surface area contributed by atoms with Gasteiger partial charge in [0.15, 0.2) is 5.82 Å². The number of halogens is 2. The Balaban J connectivity index is 2.34. The lowest BCUT2D eigenvalue weighted by Gasteiger charge is -2.07. The first-order valence-corrected chi connectivity index (χ1v) is 6.45. The Morgan fingerprint density at radius 2 is 2.06 bits per heavy atom. The maximum atomic E-state index is 6.10. The molecule has 0 aromatic carbocycles. The molecular weight excluding hydrogens is 271 g/mol. The van der Waals surface area contributed by atoms with Gasteiger partial charge < -0.3 is 5.32 Å². The fraction of sp³-hybridized carbons (Fsp3) is 0.333. The van der Waals surface area contributed by atoms with E-state index in [0.29, 0.717) is 22.4 Å². The van der Waals surface area contributed by atoms with Crippen LogP contribution in [0, 0.1) is 6.92 Å². The highest BCUT2D eigenvalue weighted by Crippen LogP contribution is 2.19. The lowest BCUT2D eigenvalue weighted by atomic mass is 10.3. The number of aromatic nitrogens is 3. The first-order valence-electron chi connectivity index (χ1n) is 5.70. The number of hydrogen-bond donors (Lipinski definition) is 1. The minimum absolute atomic E-state index is 0.625. The highest BCUT2D eigenvalue weighted by atomic mass is 35.5. The van der Waals surface area contributed by atoms with Crippen LogP contribution in [0.4, 0.5) is 0 Å². The molecule has 18 heavy (non-hydrogen) atoms. The molecule has 0 radical (unpaired) electrons. The standard InChI is InChI=1S/C12H14Cl2N4/c1-3-15-6-11-9(13)4-5-12(16-11)18-7-10(14)8(2)17-18/h4-5,7,15H,3,6H2,1-2H3. The maximum absolute atomic E-state index is 6.10. The lowest BCUT2D eigenvalue weighted by molar-refractivity contribution is 0.704. The van der Waals surface area contributed by atoms with Crippen LogP contribution in [0.5, 0.6) is 0 Å². The van der Waals surface area contributed by atoms with E-state index in [2.05, 4.69) is 15.4 Å². The summed E-state index contributed by atoms with van der Waals surface area (Å²) in [6, 6.07) is 3.64. The van der Waals surface area contributed by atoms with Crippen molar-refractivity contribution in [3.8, 4) is 5.82 Å². The molecule has 2 heterocycles. The number of nitrogens with one attached hydrogen (secondary N) is 1. The molecule has 0 aliphatic heterocycles. The van der Waals surface area contributed by atoms with Crippen LogP contribution in [-0.4, -0.2) is 21.3 Å². The van der Waals surface area contributed by atoms with E-state index in [4.69, 9.17) is 23.2 Å². The number of hydrogen-bond acceptors (Lipinski definition) is 3. The zero-order valence-corrected chi connectivity index (χ0v) is 11.8. The van der Waals surface area contributed by atoms with E-state index in [9.17, 15) is 0 Å². The third-order valence-corrected chi connectivity index (χ3v) is 3.24. The van der Waals surface area contributed by atoms with Crippen LogP contribution in [0.2, 0.25) is 10.0 Å². The summed E-state index contributed by atoms with van der Waals surface area (Å²) in [6.07, 6.45) is 1.74. The normalized spacial score (nSPS) is 10.9. The zero-order valence-electron chi connectivity index (χ0n) is 10.2. The van der Waals surface area contributed by atoms with Crippen LogP contribution < -0.4 is 5.32 Å². The molecule has 0 atom stereocenters. The van der Waals surface area contributed by atoms with Crippen molar-refractivity contribution in [1.29, 1.82) is 0 Å². The van der Waals surface area contributed by atoms with Crippen molar-refractivity contribution in [3.05, 3.63) is 39.8 Å². The average molecular weight is 285 g/mol. The Morgan fingerprint density at radius 3 is 2.67 bits per heavy atom. The summed E-state index contributed by atoms with van der Waals surface area (Å²) in [7, 11) is 0. The van der Waals surface area contributed by atoms with E-state index in [-0.39, 0.29) is 0 Å². The minimum Gasteiger partial charge on any atom is -0.311 e. The topological polar surface area (TPSA) is 42.7 Å². The van der Waals surface area contributed by atoms with Gasteiger partial charge in [-0.05, 0) is 25.6 Å². The minimum atomic E-state index is 0.625. The molecule has 6 heteroatoms. The van der Waals surface area contributed by atoms with Gasteiger partial charge in [0, 0.05) is 6.54 Å². The summed E-state index contributed by atoms with van der Waals surface area (Å²) >= 11 is 12.1. The smallest absolute Gasteiger partial charge is 0.153 e. The summed E-state index contributed by atoms with van der Waals surface area (Å²) in [5.41, 5.74) is 1.59. The van der Waals surface area contributed by atoms with Crippen molar-refractivity contribution >= 4 is 23.2 Å². The van der Waals surface area contributed by atoms with Crippen LogP contribution in [0.25, 0.3) is 5.82 Å². The van der Waals surface area contributed by atoms with Crippen LogP contribution in [-0.2, 0) is 6.54 Å². The van der Waals surface area contributed by atoms with Crippen LogP contribution in [0.1, 0.15) is 18.3 Å². The lowest BCUT2D eigenvalue weighted by Crippen LogP contribution is -2.14. The Morgan fingerprint density at radius 1 is 1.28 bits per heavy atom. The van der Waals surface area contributed by atoms with E-state index in [1.165, 1.54) is 0 Å². The van der Waals surface area contributed by atoms with Gasteiger partial charge in [0.2, 0.25) is 0 Å². The molecule has 4 nitrogen and oxygen atoms in total. The van der Waals surface area contributed by atoms with E-state index in [1.54, 1.807) is 10.9 Å². The van der Waals surface area contributed by atoms with E-state index in [0.717, 1.165) is 17.9 Å². The molecule has 0 bridgehead atoms. The Kier molecular flexibility index (Phi) is 4.22. The predicted octanol–water partition coefficient (Wildman–Crippen LogP) is 2.99. The molecule has 0 aliphatic carbocycles. The Bertz CT molecular complexity index is 532. The van der Waals surface area contributed by atoms with E-state index < -0.39 is 0 Å². The van der Waals surface area contributed by atoms with Crippen molar-refractivity contribution in [1.82, 2.24) is 20.1 Å². The van der Waals surface area contributed by atoms with Crippen molar-refractivity contribution in [2.75, 3.05) is 6.54 Å². The third-order valence-electron chi connectivity index (χ3n) is 2.52. The summed E-state index contributed by atoms with van der Waals surface area (Å²) in [5, 5.41) is 8.76. The Labute approximate surface area is 116 Å². The molecule has 0 saturated heterocycles. The second-order valence-electron chi connectivity index (χ2n) is 3.89. The van der Waals surface area contributed by atoms with Gasteiger partial charge in [-0.3, -0.25) is 0 Å². The molecule has 2 aromatic heterocycles. The summed E-state index contributed by atoms with van der Waals surface area (Å²) in [5.74, 6) is 0.710. The van der Waals surface area contributed by atoms with Gasteiger partial charge in [0.05, 0.1) is 27.6 Å². The highest BCUT2D eigenvalue weighted by molar-refractivity contribution is 6.31. The molecule has 0 amide bonds. The summed E-state index contributed by atoms with van der Waals surface area (Å²) < 4.78 is 1.66. The highest BCUT2D eigenvalue weighted by Gasteiger charge is 2.08. The molecule has 0 spiro atoms. The first kappa shape index (κ1) is 13.3. The number of rotatable bonds is 4. The second-order valence-corrected chi connectivity index (χ2v) is 4.70. The maximum Gasteiger partial charge on any atom is 0.153 e. The molecular formula is C12H14Cl2N4. The van der Waals surface area contributed by atoms with Crippen molar-refractivity contribution in [3.63, 3.8) is 0 Å². The third kappa shape index (κ3) is 2.83. The monoisotopic (exact) mass is 284 g/mol. The average Bonchev–Trinajstić information content (AvgIpc) is 2.69. The first-order chi connectivity index (χ1) is 8.61. The summed E-state index contributed by atoms with van der Waals surface area (Å²) in [4.78, 5) is 4.48. The molecule has 2 rings (SSSR count). The van der Waals surface area contributed by atoms with E-state index >= 15 is 0 Å². The fourth-order valence-corrected chi connectivity index (χ4v) is 1.83. The molecule has 0 saturated carbocycles. The summed E-state index contributed by atoms with van der Waals surface area (Å²) in [6.45, 7) is 5.40. The van der Waals surface area contributed by atoms with Crippen molar-refractivity contribution < 1.29 is 0 Å². The molecule has 0 fully saturated rings. The SMILES string of the molecule is CCNCc1nc(-n2cc(Cl)c(C)n2)ccc1Cl. The van der Waals surface area contributed by atoms with Crippen LogP contribution >= 0.6 is 23.2 Å². The van der Waals surface area contributed by atoms with E-state index in [1.807, 2.05) is 26.0 Å². The molecule has 96 valence electrons. The quantitative estimate of drug-likeness (QED) is 0.939. The van der Waals surface area contributed by atoms with Gasteiger partial charge in [0.25, 0.3) is 0 Å². The largest absolute Gasteiger partial charge is 0.311 e. The second kappa shape index (κ2) is 5.69. The molecule has 2 aromatic rings. The van der Waals surface area contributed by atoms with Crippen molar-refractivity contribution in [2.45, 2.75) is 20.4 Å². The fourth-order valence-electron chi connectivity index (χ4n) is 1.52. The van der Waals surface area contributed by atoms with Gasteiger partial charge in [-0.2, -0.15) is 5.10 Å².